The van der Waals surface area contributed by atoms with E-state index in [-0.39, 0.29) is 0 Å². The Morgan fingerprint density at radius 1 is 1.31 bits per heavy atom. The lowest BCUT2D eigenvalue weighted by atomic mass is 9.96. The molecule has 1 atom stereocenters. The number of hydrogen-bond acceptors (Lipinski definition) is 4. The van der Waals surface area contributed by atoms with Crippen molar-refractivity contribution in [2.24, 2.45) is 0 Å². The molecule has 0 saturated carbocycles. The van der Waals surface area contributed by atoms with Crippen molar-refractivity contribution in [2.75, 3.05) is 26.8 Å². The summed E-state index contributed by atoms with van der Waals surface area (Å²) in [6.45, 7) is 6.55. The number of hydrogen-bond donors (Lipinski definition) is 0. The van der Waals surface area contributed by atoms with Gasteiger partial charge < -0.3 is 9.47 Å². The van der Waals surface area contributed by atoms with Crippen molar-refractivity contribution in [3.63, 3.8) is 0 Å². The van der Waals surface area contributed by atoms with Crippen molar-refractivity contribution in [2.45, 2.75) is 31.7 Å². The first kappa shape index (κ1) is 18.5. The van der Waals surface area contributed by atoms with Crippen LogP contribution in [0.2, 0.25) is 0 Å². The Kier molecular flexibility index (Phi) is 6.67. The first-order valence-electron chi connectivity index (χ1n) is 9.36. The van der Waals surface area contributed by atoms with Crippen LogP contribution < -0.4 is 9.47 Å². The molecule has 0 spiro atoms. The van der Waals surface area contributed by atoms with Gasteiger partial charge in [-0.1, -0.05) is 18.6 Å². The lowest BCUT2D eigenvalue weighted by molar-refractivity contribution is 0.123. The van der Waals surface area contributed by atoms with Crippen LogP contribution in [0.5, 0.6) is 11.5 Å². The molecule has 0 N–H and O–H groups in total. The third kappa shape index (κ3) is 4.64. The van der Waals surface area contributed by atoms with Gasteiger partial charge in [0.15, 0.2) is 0 Å². The molecule has 26 heavy (non-hydrogen) atoms. The third-order valence-corrected chi connectivity index (χ3v) is 4.95. The topological polar surface area (TPSA) is 34.6 Å². The molecule has 138 valence electrons. The normalized spacial score (nSPS) is 17.7. The van der Waals surface area contributed by atoms with Crippen molar-refractivity contribution in [3.05, 3.63) is 66.5 Å². The summed E-state index contributed by atoms with van der Waals surface area (Å²) in [6.07, 6.45) is 10.2. The van der Waals surface area contributed by atoms with Crippen molar-refractivity contribution in [1.29, 1.82) is 0 Å². The minimum Gasteiger partial charge on any atom is -0.497 e. The standard InChI is InChI=1S/C22H28N2O2/c1-3-7-18-16-20(25-2)10-11-22(18)26-15-14-24-13-5-4-9-21(24)19-8-6-12-23-17-19/h3,6,8,10-12,16-17,21H,1,4-5,7,9,13-15H2,2H3/t21-/m0/s1. The SMILES string of the molecule is C=CCc1cc(OC)ccc1OCCN1CCCC[C@H]1c1cccnc1. The van der Waals surface area contributed by atoms with E-state index < -0.39 is 0 Å². The van der Waals surface area contributed by atoms with Crippen LogP contribution in [0.3, 0.4) is 0 Å². The summed E-state index contributed by atoms with van der Waals surface area (Å²) in [5.74, 6) is 1.77. The van der Waals surface area contributed by atoms with E-state index in [4.69, 9.17) is 9.47 Å². The highest BCUT2D eigenvalue weighted by Gasteiger charge is 2.23. The summed E-state index contributed by atoms with van der Waals surface area (Å²) in [6, 6.07) is 10.6. The lowest BCUT2D eigenvalue weighted by Gasteiger charge is -2.35. The minimum atomic E-state index is 0.449. The fraction of sp³-hybridized carbons (Fsp3) is 0.409. The molecule has 4 heteroatoms. The summed E-state index contributed by atoms with van der Waals surface area (Å²) in [5.41, 5.74) is 2.42. The average Bonchev–Trinajstić information content (AvgIpc) is 2.70. The van der Waals surface area contributed by atoms with E-state index in [0.29, 0.717) is 12.6 Å². The number of benzene rings is 1. The fourth-order valence-electron chi connectivity index (χ4n) is 3.62. The molecule has 0 amide bonds. The number of rotatable bonds is 8. The van der Waals surface area contributed by atoms with Crippen LogP contribution in [0.1, 0.15) is 36.4 Å². The molecule has 1 aromatic carbocycles. The number of aromatic nitrogens is 1. The van der Waals surface area contributed by atoms with Gasteiger partial charge in [0, 0.05) is 30.5 Å². The molecule has 0 bridgehead atoms. The molecule has 1 aliphatic heterocycles. The highest BCUT2D eigenvalue weighted by molar-refractivity contribution is 5.41. The van der Waals surface area contributed by atoms with Gasteiger partial charge in [0.2, 0.25) is 0 Å². The maximum atomic E-state index is 6.12. The second-order valence-corrected chi connectivity index (χ2v) is 6.65. The maximum Gasteiger partial charge on any atom is 0.123 e. The van der Waals surface area contributed by atoms with E-state index >= 15 is 0 Å². The molecule has 1 fully saturated rings. The molecule has 1 aliphatic rings. The van der Waals surface area contributed by atoms with Crippen LogP contribution >= 0.6 is 0 Å². The summed E-state index contributed by atoms with van der Waals surface area (Å²) in [4.78, 5) is 6.82. The number of ether oxygens (including phenoxy) is 2. The third-order valence-electron chi connectivity index (χ3n) is 4.95. The van der Waals surface area contributed by atoms with Crippen molar-refractivity contribution in [1.82, 2.24) is 9.88 Å². The summed E-state index contributed by atoms with van der Waals surface area (Å²) >= 11 is 0. The highest BCUT2D eigenvalue weighted by atomic mass is 16.5. The van der Waals surface area contributed by atoms with Gasteiger partial charge in [0.25, 0.3) is 0 Å². The number of likely N-dealkylation sites (tertiary alicyclic amines) is 1. The van der Waals surface area contributed by atoms with Crippen molar-refractivity contribution < 1.29 is 9.47 Å². The Morgan fingerprint density at radius 2 is 2.23 bits per heavy atom. The molecule has 0 radical (unpaired) electrons. The summed E-state index contributed by atoms with van der Waals surface area (Å²) in [7, 11) is 1.68. The Balaban J connectivity index is 1.62. The van der Waals surface area contributed by atoms with E-state index in [9.17, 15) is 0 Å². The predicted octanol–water partition coefficient (Wildman–Crippen LogP) is 4.42. The number of piperidine rings is 1. The number of pyridine rings is 1. The van der Waals surface area contributed by atoms with Gasteiger partial charge in [-0.05, 0) is 55.6 Å². The van der Waals surface area contributed by atoms with Gasteiger partial charge in [-0.15, -0.1) is 6.58 Å². The molecular formula is C22H28N2O2. The second-order valence-electron chi connectivity index (χ2n) is 6.65. The highest BCUT2D eigenvalue weighted by Crippen LogP contribution is 2.30. The van der Waals surface area contributed by atoms with E-state index in [1.54, 1.807) is 7.11 Å². The number of methoxy groups -OCH3 is 1. The van der Waals surface area contributed by atoms with E-state index in [1.165, 1.54) is 24.8 Å². The molecule has 0 unspecified atom stereocenters. The van der Waals surface area contributed by atoms with E-state index in [1.807, 2.05) is 42.7 Å². The summed E-state index contributed by atoms with van der Waals surface area (Å²) < 4.78 is 11.4. The molecule has 0 aliphatic carbocycles. The largest absolute Gasteiger partial charge is 0.497 e. The molecule has 1 aromatic heterocycles. The lowest BCUT2D eigenvalue weighted by Crippen LogP contribution is -2.36. The Hall–Kier alpha value is -2.33. The predicted molar refractivity (Wildman–Crippen MR) is 105 cm³/mol. The van der Waals surface area contributed by atoms with Crippen LogP contribution in [0.15, 0.2) is 55.4 Å². The molecular weight excluding hydrogens is 324 g/mol. The van der Waals surface area contributed by atoms with Gasteiger partial charge in [0.1, 0.15) is 18.1 Å². The average molecular weight is 352 g/mol. The van der Waals surface area contributed by atoms with Crippen LogP contribution in [0.25, 0.3) is 0 Å². The summed E-state index contributed by atoms with van der Waals surface area (Å²) in [5, 5.41) is 0. The number of allylic oxidation sites excluding steroid dienone is 1. The smallest absolute Gasteiger partial charge is 0.123 e. The number of nitrogens with zero attached hydrogens (tertiary/aromatic N) is 2. The van der Waals surface area contributed by atoms with Gasteiger partial charge in [-0.25, -0.2) is 0 Å². The van der Waals surface area contributed by atoms with Gasteiger partial charge in [0.05, 0.1) is 7.11 Å². The van der Waals surface area contributed by atoms with Crippen LogP contribution in [0, 0.1) is 0 Å². The van der Waals surface area contributed by atoms with Crippen LogP contribution in [-0.2, 0) is 6.42 Å². The van der Waals surface area contributed by atoms with Crippen molar-refractivity contribution in [3.8, 4) is 11.5 Å². The van der Waals surface area contributed by atoms with Gasteiger partial charge >= 0.3 is 0 Å². The molecule has 1 saturated heterocycles. The van der Waals surface area contributed by atoms with Crippen LogP contribution in [0.4, 0.5) is 0 Å². The quantitative estimate of drug-likeness (QED) is 0.659. The van der Waals surface area contributed by atoms with E-state index in [0.717, 1.165) is 36.6 Å². The maximum absolute atomic E-state index is 6.12. The molecule has 2 heterocycles. The monoisotopic (exact) mass is 352 g/mol. The zero-order valence-electron chi connectivity index (χ0n) is 15.6. The minimum absolute atomic E-state index is 0.449. The molecule has 2 aromatic rings. The van der Waals surface area contributed by atoms with Crippen LogP contribution in [-0.4, -0.2) is 36.7 Å². The zero-order valence-corrected chi connectivity index (χ0v) is 15.6. The Morgan fingerprint density at radius 3 is 3.00 bits per heavy atom. The Bertz CT molecular complexity index is 703. The fourth-order valence-corrected chi connectivity index (χ4v) is 3.62. The molecule has 3 rings (SSSR count). The van der Waals surface area contributed by atoms with E-state index in [2.05, 4.69) is 22.5 Å². The van der Waals surface area contributed by atoms with Gasteiger partial charge in [-0.3, -0.25) is 9.88 Å². The van der Waals surface area contributed by atoms with Gasteiger partial charge in [-0.2, -0.15) is 0 Å². The first-order chi connectivity index (χ1) is 12.8. The molecule has 4 nitrogen and oxygen atoms in total. The zero-order chi connectivity index (χ0) is 18.2. The first-order valence-corrected chi connectivity index (χ1v) is 9.36. The Labute approximate surface area is 156 Å². The van der Waals surface area contributed by atoms with Crippen molar-refractivity contribution >= 4 is 0 Å². The second kappa shape index (κ2) is 9.39.